The second-order valence-corrected chi connectivity index (χ2v) is 3.17. The Morgan fingerprint density at radius 1 is 1.50 bits per heavy atom. The van der Waals surface area contributed by atoms with E-state index in [0.29, 0.717) is 10.7 Å². The Bertz CT molecular complexity index is 360. The van der Waals surface area contributed by atoms with E-state index in [1.165, 1.54) is 0 Å². The number of halogens is 1. The zero-order valence-corrected chi connectivity index (χ0v) is 8.28. The smallest absolute Gasteiger partial charge is 0.253 e. The van der Waals surface area contributed by atoms with Gasteiger partial charge in [0, 0.05) is 10.7 Å². The van der Waals surface area contributed by atoms with Crippen molar-refractivity contribution in [3.05, 3.63) is 51.3 Å². The van der Waals surface area contributed by atoms with Crippen LogP contribution in [0.4, 0.5) is 5.69 Å². The van der Waals surface area contributed by atoms with Crippen LogP contribution in [0.1, 0.15) is 6.92 Å². The third kappa shape index (κ3) is 3.45. The van der Waals surface area contributed by atoms with E-state index >= 15 is 0 Å². The largest absolute Gasteiger partial charge is 0.354 e. The van der Waals surface area contributed by atoms with Crippen molar-refractivity contribution in [1.82, 2.24) is 0 Å². The summed E-state index contributed by atoms with van der Waals surface area (Å²) in [6, 6.07) is 6.92. The zero-order chi connectivity index (χ0) is 10.6. The molecule has 0 fully saturated rings. The SMILES string of the molecule is C/C(=C\[N+](=O)[O-])Nc1ccc(Cl)cc1. The van der Waals surface area contributed by atoms with Crippen LogP contribution in [-0.2, 0) is 0 Å². The predicted octanol–water partition coefficient (Wildman–Crippen LogP) is 2.89. The Morgan fingerprint density at radius 2 is 2.07 bits per heavy atom. The number of allylic oxidation sites excluding steroid dienone is 1. The van der Waals surface area contributed by atoms with Gasteiger partial charge < -0.3 is 5.32 Å². The summed E-state index contributed by atoms with van der Waals surface area (Å²) in [6.07, 6.45) is 0.911. The molecular formula is C9H9ClN2O2. The van der Waals surface area contributed by atoms with Gasteiger partial charge in [0.2, 0.25) is 0 Å². The molecule has 1 aromatic carbocycles. The molecule has 0 bridgehead atoms. The summed E-state index contributed by atoms with van der Waals surface area (Å²) in [4.78, 5) is 9.62. The maximum atomic E-state index is 10.1. The monoisotopic (exact) mass is 212 g/mol. The molecule has 0 spiro atoms. The molecule has 0 radical (unpaired) electrons. The summed E-state index contributed by atoms with van der Waals surface area (Å²) in [5.74, 6) is 0. The summed E-state index contributed by atoms with van der Waals surface area (Å²) in [6.45, 7) is 1.62. The van der Waals surface area contributed by atoms with Crippen molar-refractivity contribution in [1.29, 1.82) is 0 Å². The molecule has 4 nitrogen and oxygen atoms in total. The number of nitrogens with zero attached hydrogens (tertiary/aromatic N) is 1. The van der Waals surface area contributed by atoms with Gasteiger partial charge in [0.15, 0.2) is 0 Å². The summed E-state index contributed by atoms with van der Waals surface area (Å²) in [7, 11) is 0. The summed E-state index contributed by atoms with van der Waals surface area (Å²) >= 11 is 5.68. The highest BCUT2D eigenvalue weighted by Crippen LogP contribution is 2.14. The topological polar surface area (TPSA) is 55.2 Å². The van der Waals surface area contributed by atoms with Gasteiger partial charge in [-0.25, -0.2) is 0 Å². The van der Waals surface area contributed by atoms with E-state index in [4.69, 9.17) is 11.6 Å². The molecule has 1 N–H and O–H groups in total. The highest BCUT2D eigenvalue weighted by atomic mass is 35.5. The van der Waals surface area contributed by atoms with Gasteiger partial charge in [0.25, 0.3) is 6.20 Å². The summed E-state index contributed by atoms with van der Waals surface area (Å²) in [5, 5.41) is 13.6. The number of nitro groups is 1. The third-order valence-corrected chi connectivity index (χ3v) is 1.74. The van der Waals surface area contributed by atoms with Gasteiger partial charge in [0.05, 0.1) is 10.6 Å². The second kappa shape index (κ2) is 4.62. The third-order valence-electron chi connectivity index (χ3n) is 1.48. The van der Waals surface area contributed by atoms with Crippen molar-refractivity contribution in [2.75, 3.05) is 5.32 Å². The van der Waals surface area contributed by atoms with Crippen molar-refractivity contribution in [2.24, 2.45) is 0 Å². The molecule has 0 aliphatic heterocycles. The van der Waals surface area contributed by atoms with Crippen LogP contribution in [-0.4, -0.2) is 4.92 Å². The molecular weight excluding hydrogens is 204 g/mol. The molecule has 0 aliphatic rings. The summed E-state index contributed by atoms with van der Waals surface area (Å²) < 4.78 is 0. The van der Waals surface area contributed by atoms with Crippen LogP contribution < -0.4 is 5.32 Å². The van der Waals surface area contributed by atoms with E-state index < -0.39 is 4.92 Å². The molecule has 0 unspecified atom stereocenters. The minimum atomic E-state index is -0.502. The molecule has 0 aliphatic carbocycles. The number of anilines is 1. The van der Waals surface area contributed by atoms with E-state index in [0.717, 1.165) is 11.9 Å². The second-order valence-electron chi connectivity index (χ2n) is 2.73. The number of hydrogen-bond donors (Lipinski definition) is 1. The first kappa shape index (κ1) is 10.5. The van der Waals surface area contributed by atoms with Crippen LogP contribution in [0.2, 0.25) is 5.02 Å². The van der Waals surface area contributed by atoms with Crippen molar-refractivity contribution in [2.45, 2.75) is 6.92 Å². The molecule has 0 atom stereocenters. The lowest BCUT2D eigenvalue weighted by Gasteiger charge is -2.03. The van der Waals surface area contributed by atoms with Crippen molar-refractivity contribution >= 4 is 17.3 Å². The van der Waals surface area contributed by atoms with Gasteiger partial charge in [0.1, 0.15) is 0 Å². The number of nitrogens with one attached hydrogen (secondary N) is 1. The fourth-order valence-electron chi connectivity index (χ4n) is 0.951. The molecule has 0 heterocycles. The molecule has 1 aromatic rings. The maximum absolute atomic E-state index is 10.1. The molecule has 0 saturated carbocycles. The van der Waals surface area contributed by atoms with Crippen molar-refractivity contribution in [3.63, 3.8) is 0 Å². The summed E-state index contributed by atoms with van der Waals surface area (Å²) in [5.41, 5.74) is 1.24. The molecule has 5 heteroatoms. The van der Waals surface area contributed by atoms with Gasteiger partial charge in [-0.15, -0.1) is 0 Å². The standard InChI is InChI=1S/C9H9ClN2O2/c1-7(6-12(13)14)11-9-4-2-8(10)3-5-9/h2-6,11H,1H3/b7-6+. The average Bonchev–Trinajstić information content (AvgIpc) is 2.07. The Balaban J connectivity index is 2.69. The molecule has 0 aromatic heterocycles. The normalized spacial score (nSPS) is 11.1. The van der Waals surface area contributed by atoms with Crippen LogP contribution >= 0.6 is 11.6 Å². The van der Waals surface area contributed by atoms with Crippen LogP contribution in [0.3, 0.4) is 0 Å². The molecule has 14 heavy (non-hydrogen) atoms. The van der Waals surface area contributed by atoms with Crippen LogP contribution in [0, 0.1) is 10.1 Å². The van der Waals surface area contributed by atoms with Gasteiger partial charge in [-0.1, -0.05) is 11.6 Å². The molecule has 1 rings (SSSR count). The fourth-order valence-corrected chi connectivity index (χ4v) is 1.08. The van der Waals surface area contributed by atoms with Crippen LogP contribution in [0.15, 0.2) is 36.2 Å². The average molecular weight is 213 g/mol. The Labute approximate surface area is 86.3 Å². The van der Waals surface area contributed by atoms with Gasteiger partial charge in [-0.05, 0) is 31.2 Å². The lowest BCUT2D eigenvalue weighted by Crippen LogP contribution is -1.98. The van der Waals surface area contributed by atoms with Crippen molar-refractivity contribution < 1.29 is 4.92 Å². The first-order valence-corrected chi connectivity index (χ1v) is 4.30. The number of benzene rings is 1. The van der Waals surface area contributed by atoms with Gasteiger partial charge in [-0.2, -0.15) is 0 Å². The highest BCUT2D eigenvalue weighted by Gasteiger charge is 1.96. The van der Waals surface area contributed by atoms with E-state index in [2.05, 4.69) is 5.32 Å². The number of hydrogen-bond acceptors (Lipinski definition) is 3. The quantitative estimate of drug-likeness (QED) is 0.619. The first-order valence-electron chi connectivity index (χ1n) is 3.92. The fraction of sp³-hybridized carbons (Fsp3) is 0.111. The highest BCUT2D eigenvalue weighted by molar-refractivity contribution is 6.30. The van der Waals surface area contributed by atoms with E-state index in [-0.39, 0.29) is 0 Å². The zero-order valence-electron chi connectivity index (χ0n) is 7.53. The van der Waals surface area contributed by atoms with E-state index in [1.807, 2.05) is 0 Å². The van der Waals surface area contributed by atoms with Gasteiger partial charge in [-0.3, -0.25) is 10.1 Å². The van der Waals surface area contributed by atoms with Gasteiger partial charge >= 0.3 is 0 Å². The molecule has 0 amide bonds. The maximum Gasteiger partial charge on any atom is 0.253 e. The minimum absolute atomic E-state index is 0.470. The Hall–Kier alpha value is -1.55. The molecule has 74 valence electrons. The lowest BCUT2D eigenvalue weighted by molar-refractivity contribution is -0.403. The number of rotatable bonds is 3. The first-order chi connectivity index (χ1) is 6.58. The molecule has 0 saturated heterocycles. The van der Waals surface area contributed by atoms with E-state index in [9.17, 15) is 10.1 Å². The Kier molecular flexibility index (Phi) is 3.48. The minimum Gasteiger partial charge on any atom is -0.354 e. The van der Waals surface area contributed by atoms with Crippen molar-refractivity contribution in [3.8, 4) is 0 Å². The predicted molar refractivity (Wildman–Crippen MR) is 55.8 cm³/mol. The van der Waals surface area contributed by atoms with Crippen LogP contribution in [0.25, 0.3) is 0 Å². The lowest BCUT2D eigenvalue weighted by atomic mass is 10.3. The van der Waals surface area contributed by atoms with E-state index in [1.54, 1.807) is 31.2 Å². The van der Waals surface area contributed by atoms with Crippen LogP contribution in [0.5, 0.6) is 0 Å². The Morgan fingerprint density at radius 3 is 2.57 bits per heavy atom.